The van der Waals surface area contributed by atoms with Crippen molar-refractivity contribution in [2.45, 2.75) is 38.5 Å². The van der Waals surface area contributed by atoms with Gasteiger partial charge in [0, 0.05) is 24.0 Å². The van der Waals surface area contributed by atoms with Crippen LogP contribution in [-0.2, 0) is 17.7 Å². The van der Waals surface area contributed by atoms with Crippen molar-refractivity contribution in [3.63, 3.8) is 0 Å². The van der Waals surface area contributed by atoms with Gasteiger partial charge in [0.25, 0.3) is 0 Å². The third-order valence-corrected chi connectivity index (χ3v) is 7.47. The molecule has 0 aliphatic heterocycles. The van der Waals surface area contributed by atoms with Crippen LogP contribution in [0.25, 0.3) is 0 Å². The summed E-state index contributed by atoms with van der Waals surface area (Å²) in [4.78, 5) is 0. The summed E-state index contributed by atoms with van der Waals surface area (Å²) in [5, 5.41) is 0. The molecular formula is C10H22O4S4. The fourth-order valence-electron chi connectivity index (χ4n) is 1.33. The van der Waals surface area contributed by atoms with E-state index in [-0.39, 0.29) is 0 Å². The first-order valence-electron chi connectivity index (χ1n) is 5.89. The highest BCUT2D eigenvalue weighted by Crippen LogP contribution is 2.16. The van der Waals surface area contributed by atoms with Gasteiger partial charge in [0.15, 0.2) is 17.7 Å². The molecule has 0 heterocycles. The monoisotopic (exact) mass is 334 g/mol. The summed E-state index contributed by atoms with van der Waals surface area (Å²) in [6, 6.07) is 0. The van der Waals surface area contributed by atoms with E-state index in [1.54, 1.807) is 0 Å². The third-order valence-electron chi connectivity index (χ3n) is 2.13. The van der Waals surface area contributed by atoms with Crippen molar-refractivity contribution in [2.75, 3.05) is 24.0 Å². The normalized spacial score (nSPS) is 12.8. The van der Waals surface area contributed by atoms with Crippen LogP contribution in [0.5, 0.6) is 0 Å². The van der Waals surface area contributed by atoms with Gasteiger partial charge in [-0.05, 0) is 34.4 Å². The van der Waals surface area contributed by atoms with E-state index in [1.165, 1.54) is 12.5 Å². The predicted octanol–water partition coefficient (Wildman–Crippen LogP) is 2.71. The summed E-state index contributed by atoms with van der Waals surface area (Å²) < 4.78 is 43.3. The molecular weight excluding hydrogens is 312 g/mol. The maximum Gasteiger partial charge on any atom is 0.198 e. The number of unbranched alkanes of at least 4 members (excludes halogenated alkanes) is 5. The van der Waals surface area contributed by atoms with Crippen LogP contribution in [0.1, 0.15) is 38.5 Å². The molecule has 0 N–H and O–H groups in total. The fraction of sp³-hybridized carbons (Fsp3) is 1.00. The van der Waals surface area contributed by atoms with E-state index in [4.69, 9.17) is 0 Å². The van der Waals surface area contributed by atoms with Gasteiger partial charge in [-0.2, -0.15) is 0 Å². The van der Waals surface area contributed by atoms with E-state index in [9.17, 15) is 16.8 Å². The molecule has 0 atom stereocenters. The van der Waals surface area contributed by atoms with E-state index in [0.717, 1.165) is 60.1 Å². The van der Waals surface area contributed by atoms with Crippen molar-refractivity contribution >= 4 is 39.3 Å². The van der Waals surface area contributed by atoms with Gasteiger partial charge in [-0.3, -0.25) is 0 Å². The maximum absolute atomic E-state index is 10.8. The summed E-state index contributed by atoms with van der Waals surface area (Å²) in [6.45, 7) is 0. The minimum atomic E-state index is -2.89. The van der Waals surface area contributed by atoms with Crippen molar-refractivity contribution in [1.82, 2.24) is 0 Å². The van der Waals surface area contributed by atoms with Gasteiger partial charge in [0.05, 0.1) is 0 Å². The number of hydrogen-bond acceptors (Lipinski definition) is 6. The Morgan fingerprint density at radius 2 is 0.889 bits per heavy atom. The Hall–Kier alpha value is 0.600. The average Bonchev–Trinajstić information content (AvgIpc) is 2.17. The second kappa shape index (κ2) is 9.50. The Morgan fingerprint density at radius 1 is 0.611 bits per heavy atom. The third kappa shape index (κ3) is 16.6. The first-order chi connectivity index (χ1) is 8.21. The van der Waals surface area contributed by atoms with Crippen LogP contribution in [0.3, 0.4) is 0 Å². The van der Waals surface area contributed by atoms with Crippen LogP contribution in [0.4, 0.5) is 0 Å². The van der Waals surface area contributed by atoms with Gasteiger partial charge in [0.2, 0.25) is 0 Å². The van der Waals surface area contributed by atoms with Crippen molar-refractivity contribution < 1.29 is 16.8 Å². The van der Waals surface area contributed by atoms with E-state index in [2.05, 4.69) is 0 Å². The molecule has 0 aromatic heterocycles. The smallest absolute Gasteiger partial charge is 0.198 e. The van der Waals surface area contributed by atoms with Crippen LogP contribution in [0.2, 0.25) is 0 Å². The topological polar surface area (TPSA) is 68.3 Å². The molecule has 0 saturated carbocycles. The Kier molecular flexibility index (Phi) is 9.81. The van der Waals surface area contributed by atoms with Gasteiger partial charge >= 0.3 is 0 Å². The van der Waals surface area contributed by atoms with Crippen LogP contribution in [-0.4, -0.2) is 40.9 Å². The van der Waals surface area contributed by atoms with Gasteiger partial charge in [-0.1, -0.05) is 25.7 Å². The second-order valence-electron chi connectivity index (χ2n) is 4.17. The average molecular weight is 335 g/mol. The van der Waals surface area contributed by atoms with Gasteiger partial charge in [-0.25, -0.2) is 16.8 Å². The molecule has 0 saturated heterocycles. The molecule has 0 aromatic carbocycles. The largest absolute Gasteiger partial charge is 0.218 e. The van der Waals surface area contributed by atoms with E-state index in [1.807, 2.05) is 0 Å². The summed E-state index contributed by atoms with van der Waals surface area (Å²) in [5.41, 5.74) is 0. The van der Waals surface area contributed by atoms with E-state index < -0.39 is 17.7 Å². The summed E-state index contributed by atoms with van der Waals surface area (Å²) >= 11 is 0. The molecule has 8 heteroatoms. The highest BCUT2D eigenvalue weighted by molar-refractivity contribution is 8.72. The predicted molar refractivity (Wildman–Crippen MR) is 82.3 cm³/mol. The lowest BCUT2D eigenvalue weighted by Gasteiger charge is -2.01. The number of rotatable bonds is 11. The first kappa shape index (κ1) is 18.6. The minimum Gasteiger partial charge on any atom is -0.218 e. The lowest BCUT2D eigenvalue weighted by atomic mass is 10.1. The molecule has 18 heavy (non-hydrogen) atoms. The number of hydrogen-bond donors (Lipinski definition) is 0. The van der Waals surface area contributed by atoms with Crippen LogP contribution < -0.4 is 0 Å². The van der Waals surface area contributed by atoms with Crippen molar-refractivity contribution in [3.05, 3.63) is 0 Å². The molecule has 0 aliphatic carbocycles. The van der Waals surface area contributed by atoms with E-state index >= 15 is 0 Å². The van der Waals surface area contributed by atoms with Crippen LogP contribution >= 0.6 is 21.6 Å². The SMILES string of the molecule is CS(=O)(=O)SCCCCCCCCSS(C)(=O)=O. The molecule has 0 bridgehead atoms. The zero-order valence-electron chi connectivity index (χ0n) is 10.9. The Balaban J connectivity index is 3.22. The van der Waals surface area contributed by atoms with Crippen molar-refractivity contribution in [2.24, 2.45) is 0 Å². The molecule has 0 radical (unpaired) electrons. The Morgan fingerprint density at radius 3 is 1.17 bits per heavy atom. The maximum atomic E-state index is 10.8. The molecule has 0 aliphatic rings. The zero-order valence-corrected chi connectivity index (χ0v) is 14.2. The van der Waals surface area contributed by atoms with Crippen molar-refractivity contribution in [3.8, 4) is 0 Å². The highest BCUT2D eigenvalue weighted by Gasteiger charge is 2.02. The molecule has 0 unspecified atom stereocenters. The summed E-state index contributed by atoms with van der Waals surface area (Å²) in [5.74, 6) is 1.34. The van der Waals surface area contributed by atoms with Gasteiger partial charge < -0.3 is 0 Å². The molecule has 4 nitrogen and oxygen atoms in total. The lowest BCUT2D eigenvalue weighted by Crippen LogP contribution is -1.92. The van der Waals surface area contributed by atoms with Crippen molar-refractivity contribution in [1.29, 1.82) is 0 Å². The summed E-state index contributed by atoms with van der Waals surface area (Å²) in [6.07, 6.45) is 8.59. The molecule has 0 spiro atoms. The van der Waals surface area contributed by atoms with Gasteiger partial charge in [0.1, 0.15) is 0 Å². The van der Waals surface area contributed by atoms with Crippen LogP contribution in [0.15, 0.2) is 0 Å². The second-order valence-corrected chi connectivity index (χ2v) is 13.3. The zero-order chi connectivity index (χ0) is 14.1. The van der Waals surface area contributed by atoms with Gasteiger partial charge in [-0.15, -0.1) is 0 Å². The Bertz CT molecular complexity index is 360. The highest BCUT2D eigenvalue weighted by atomic mass is 33.1. The molecule has 0 fully saturated rings. The Labute approximate surface area is 118 Å². The minimum absolute atomic E-state index is 0.669. The standard InChI is InChI=1S/C10H22O4S4/c1-17(11,12)15-9-7-5-3-4-6-8-10-16-18(2,13)14/h3-10H2,1-2H3. The molecule has 0 aromatic rings. The summed E-state index contributed by atoms with van der Waals surface area (Å²) in [7, 11) is -3.75. The van der Waals surface area contributed by atoms with Crippen LogP contribution in [0, 0.1) is 0 Å². The van der Waals surface area contributed by atoms with E-state index in [0.29, 0.717) is 11.5 Å². The molecule has 0 amide bonds. The first-order valence-corrected chi connectivity index (χ1v) is 12.7. The molecule has 0 rings (SSSR count). The lowest BCUT2D eigenvalue weighted by molar-refractivity contribution is 0.612. The molecule has 110 valence electrons. The quantitative estimate of drug-likeness (QED) is 0.427. The fourth-order valence-corrected chi connectivity index (χ4v) is 5.10.